The molecule has 31 heavy (non-hydrogen) atoms. The van der Waals surface area contributed by atoms with Crippen LogP contribution in [-0.2, 0) is 4.79 Å². The fraction of sp³-hybridized carbons (Fsp3) is 0.185. The van der Waals surface area contributed by atoms with Crippen LogP contribution in [0.25, 0.3) is 32.7 Å². The number of methoxy groups -OCH3 is 1. The van der Waals surface area contributed by atoms with Crippen molar-refractivity contribution in [3.05, 3.63) is 77.4 Å². The van der Waals surface area contributed by atoms with E-state index in [0.29, 0.717) is 12.1 Å². The van der Waals surface area contributed by atoms with Crippen LogP contribution in [0.2, 0.25) is 0 Å². The van der Waals surface area contributed by atoms with Crippen LogP contribution in [0.5, 0.6) is 5.75 Å². The first kappa shape index (κ1) is 20.5. The highest BCUT2D eigenvalue weighted by Crippen LogP contribution is 2.34. The summed E-state index contributed by atoms with van der Waals surface area (Å²) in [7, 11) is 1.70. The molecular formula is C27H24NO3+. The fourth-order valence-electron chi connectivity index (χ4n) is 4.07. The Balaban J connectivity index is 1.77. The van der Waals surface area contributed by atoms with Gasteiger partial charge in [-0.05, 0) is 94.9 Å². The molecule has 0 saturated carbocycles. The highest BCUT2D eigenvalue weighted by Gasteiger charge is 2.19. The van der Waals surface area contributed by atoms with E-state index >= 15 is 0 Å². The van der Waals surface area contributed by atoms with Gasteiger partial charge in [0.15, 0.2) is 6.54 Å². The molecular weight excluding hydrogens is 386 g/mol. The van der Waals surface area contributed by atoms with E-state index in [1.54, 1.807) is 26.2 Å². The Morgan fingerprint density at radius 2 is 1.58 bits per heavy atom. The zero-order valence-corrected chi connectivity index (χ0v) is 18.2. The molecule has 0 bridgehead atoms. The summed E-state index contributed by atoms with van der Waals surface area (Å²) >= 11 is 0. The lowest BCUT2D eigenvalue weighted by Crippen LogP contribution is -2.19. The molecule has 0 N–H and O–H groups in total. The summed E-state index contributed by atoms with van der Waals surface area (Å²) in [4.78, 5) is 23.4. The fourth-order valence-corrected chi connectivity index (χ4v) is 4.07. The molecule has 4 rings (SSSR count). The number of benzene rings is 4. The molecule has 0 fully saturated rings. The molecule has 4 aromatic rings. The summed E-state index contributed by atoms with van der Waals surface area (Å²) in [6, 6.07) is 20.3. The molecule has 4 aromatic carbocycles. The molecule has 0 spiro atoms. The van der Waals surface area contributed by atoms with Gasteiger partial charge in [0.05, 0.1) is 12.7 Å². The first-order valence-electron chi connectivity index (χ1n) is 10.3. The molecule has 0 aliphatic heterocycles. The quantitative estimate of drug-likeness (QED) is 0.243. The summed E-state index contributed by atoms with van der Waals surface area (Å²) in [5.74, 6) is 0.571. The lowest BCUT2D eigenvalue weighted by atomic mass is 9.94. The average molecular weight is 410 g/mol. The Labute approximate surface area is 181 Å². The lowest BCUT2D eigenvalue weighted by molar-refractivity contribution is -0.421. The summed E-state index contributed by atoms with van der Waals surface area (Å²) < 4.78 is 6.55. The van der Waals surface area contributed by atoms with E-state index < -0.39 is 0 Å². The van der Waals surface area contributed by atoms with Crippen LogP contribution in [0.4, 0.5) is 0 Å². The number of ether oxygens (including phenoxy) is 1. The second kappa shape index (κ2) is 8.17. The van der Waals surface area contributed by atoms with E-state index in [-0.39, 0.29) is 5.91 Å². The second-order valence-corrected chi connectivity index (χ2v) is 7.70. The Morgan fingerprint density at radius 3 is 2.29 bits per heavy atom. The number of hydrogen-bond acceptors (Lipinski definition) is 3. The maximum atomic E-state index is 12.4. The van der Waals surface area contributed by atoms with Crippen molar-refractivity contribution in [3.63, 3.8) is 0 Å². The van der Waals surface area contributed by atoms with Crippen molar-refractivity contribution in [2.75, 3.05) is 13.7 Å². The van der Waals surface area contributed by atoms with Gasteiger partial charge in [-0.25, -0.2) is 4.79 Å². The predicted octanol–water partition coefficient (Wildman–Crippen LogP) is 5.79. The van der Waals surface area contributed by atoms with E-state index in [1.165, 1.54) is 16.3 Å². The number of carbonyl (C=O) groups excluding carboxylic acids is 2. The molecule has 0 aliphatic rings. The van der Waals surface area contributed by atoms with Crippen molar-refractivity contribution in [2.45, 2.75) is 20.8 Å². The van der Waals surface area contributed by atoms with Crippen molar-refractivity contribution >= 4 is 33.5 Å². The Bertz CT molecular complexity index is 1400. The van der Waals surface area contributed by atoms with E-state index in [4.69, 9.17) is 4.74 Å². The summed E-state index contributed by atoms with van der Waals surface area (Å²) in [6.07, 6.45) is 1.68. The third kappa shape index (κ3) is 3.63. The van der Waals surface area contributed by atoms with Crippen molar-refractivity contribution in [2.24, 2.45) is 0 Å². The van der Waals surface area contributed by atoms with Gasteiger partial charge >= 0.3 is 12.0 Å². The van der Waals surface area contributed by atoms with Crippen LogP contribution in [-0.4, -0.2) is 30.2 Å². The molecule has 0 aromatic heterocycles. The normalized spacial score (nSPS) is 10.8. The van der Waals surface area contributed by atoms with Gasteiger partial charge in [0.25, 0.3) is 0 Å². The lowest BCUT2D eigenvalue weighted by Gasteiger charge is -2.13. The van der Waals surface area contributed by atoms with Gasteiger partial charge in [-0.15, -0.1) is 0 Å². The number of carbonyl (C=O) groups is 1. The molecule has 0 atom stereocenters. The van der Waals surface area contributed by atoms with Crippen molar-refractivity contribution in [1.82, 2.24) is 0 Å². The van der Waals surface area contributed by atoms with E-state index in [2.05, 4.69) is 50.2 Å². The molecule has 0 aliphatic carbocycles. The van der Waals surface area contributed by atoms with Gasteiger partial charge in [-0.3, -0.25) is 0 Å². The standard InChI is InChI=1S/C27H24NO3/c1-5-28(16-29)27(30)23-9-8-19-13-20(6-7-21(19)14-23)22-10-11-24-18(3)26(31-4)12-17(2)25(24)15-22/h6-15H,5H2,1-4H3/q+1. The predicted molar refractivity (Wildman–Crippen MR) is 124 cm³/mol. The van der Waals surface area contributed by atoms with Crippen LogP contribution in [0.15, 0.2) is 60.7 Å². The van der Waals surface area contributed by atoms with E-state index in [0.717, 1.165) is 37.8 Å². The summed E-state index contributed by atoms with van der Waals surface area (Å²) in [5.41, 5.74) is 5.04. The maximum absolute atomic E-state index is 12.4. The van der Waals surface area contributed by atoms with Gasteiger partial charge < -0.3 is 4.74 Å². The molecule has 0 radical (unpaired) electrons. The molecule has 4 nitrogen and oxygen atoms in total. The van der Waals surface area contributed by atoms with Crippen LogP contribution < -0.4 is 4.74 Å². The molecule has 0 saturated heterocycles. The Kier molecular flexibility index (Phi) is 5.41. The second-order valence-electron chi connectivity index (χ2n) is 7.70. The van der Waals surface area contributed by atoms with E-state index in [9.17, 15) is 9.59 Å². The van der Waals surface area contributed by atoms with Gasteiger partial charge in [-0.2, -0.15) is 4.79 Å². The first-order valence-corrected chi connectivity index (χ1v) is 10.3. The van der Waals surface area contributed by atoms with E-state index in [1.807, 2.05) is 18.2 Å². The number of isocyanates is 1. The van der Waals surface area contributed by atoms with Gasteiger partial charge in [0.2, 0.25) is 0 Å². The molecule has 4 heteroatoms. The van der Waals surface area contributed by atoms with Crippen molar-refractivity contribution < 1.29 is 18.9 Å². The van der Waals surface area contributed by atoms with Crippen molar-refractivity contribution in [1.29, 1.82) is 0 Å². The van der Waals surface area contributed by atoms with Crippen LogP contribution >= 0.6 is 0 Å². The summed E-state index contributed by atoms with van der Waals surface area (Å²) in [6.45, 7) is 6.23. The minimum atomic E-state index is -0.334. The van der Waals surface area contributed by atoms with Crippen LogP contribution in [0.1, 0.15) is 28.4 Å². The molecule has 154 valence electrons. The number of aryl methyl sites for hydroxylation is 2. The zero-order valence-electron chi connectivity index (χ0n) is 18.2. The van der Waals surface area contributed by atoms with Crippen LogP contribution in [0.3, 0.4) is 0 Å². The third-order valence-electron chi connectivity index (χ3n) is 5.88. The molecule has 0 heterocycles. The largest absolute Gasteiger partial charge is 0.496 e. The third-order valence-corrected chi connectivity index (χ3v) is 5.88. The number of hydrogen-bond donors (Lipinski definition) is 0. The number of rotatable bonds is 4. The number of amides is 1. The SMILES string of the molecule is CC[N+](=C=O)C(=O)c1ccc2cc(-c3ccc4c(C)c(OC)cc(C)c4c3)ccc2c1. The minimum absolute atomic E-state index is 0.298. The first-order chi connectivity index (χ1) is 15.0. The number of fused-ring (bicyclic) bond motifs is 2. The minimum Gasteiger partial charge on any atom is -0.496 e. The highest BCUT2D eigenvalue weighted by molar-refractivity contribution is 5.98. The molecule has 1 amide bonds. The Hall–Kier alpha value is -3.75. The smallest absolute Gasteiger partial charge is 0.433 e. The van der Waals surface area contributed by atoms with Crippen LogP contribution in [0, 0.1) is 13.8 Å². The van der Waals surface area contributed by atoms with Gasteiger partial charge in [-0.1, -0.05) is 34.9 Å². The van der Waals surface area contributed by atoms with Gasteiger partial charge in [0.1, 0.15) is 5.75 Å². The average Bonchev–Trinajstić information content (AvgIpc) is 2.81. The van der Waals surface area contributed by atoms with Gasteiger partial charge in [0, 0.05) is 0 Å². The molecule has 0 unspecified atom stereocenters. The highest BCUT2D eigenvalue weighted by atomic mass is 16.5. The number of nitrogens with zero attached hydrogens (tertiary/aromatic N) is 1. The zero-order chi connectivity index (χ0) is 22.1. The maximum Gasteiger partial charge on any atom is 0.433 e. The van der Waals surface area contributed by atoms with Crippen molar-refractivity contribution in [3.8, 4) is 16.9 Å². The summed E-state index contributed by atoms with van der Waals surface area (Å²) in [5, 5.41) is 4.39. The monoisotopic (exact) mass is 410 g/mol. The Morgan fingerprint density at radius 1 is 0.903 bits per heavy atom. The topological polar surface area (TPSA) is 46.4 Å².